The first-order valence-corrected chi connectivity index (χ1v) is 5.74. The van der Waals surface area contributed by atoms with E-state index in [1.807, 2.05) is 6.07 Å². The summed E-state index contributed by atoms with van der Waals surface area (Å²) < 4.78 is 4.86. The molecular formula is C9H16N2O3S. The average molecular weight is 232 g/mol. The summed E-state index contributed by atoms with van der Waals surface area (Å²) in [5, 5.41) is 17.1. The van der Waals surface area contributed by atoms with Crippen molar-refractivity contribution in [1.29, 1.82) is 5.26 Å². The smallest absolute Gasteiger partial charge is 0.232 e. The fourth-order valence-electron chi connectivity index (χ4n) is 0.959. The molecule has 0 unspecified atom stereocenters. The number of hydrogen-bond donors (Lipinski definition) is 1. The average Bonchev–Trinajstić information content (AvgIpc) is 2.24. The molecule has 0 aliphatic carbocycles. The number of ether oxygens (including phenoxy) is 1. The monoisotopic (exact) mass is 232 g/mol. The fraction of sp³-hybridized carbons (Fsp3) is 0.778. The number of thioether (sulfide) groups is 1. The molecule has 0 atom stereocenters. The van der Waals surface area contributed by atoms with Crippen LogP contribution in [0.1, 0.15) is 0 Å². The third-order valence-corrected chi connectivity index (χ3v) is 2.46. The van der Waals surface area contributed by atoms with Crippen LogP contribution in [0.5, 0.6) is 0 Å². The highest BCUT2D eigenvalue weighted by atomic mass is 32.2. The summed E-state index contributed by atoms with van der Waals surface area (Å²) in [5.41, 5.74) is 0. The highest BCUT2D eigenvalue weighted by Crippen LogP contribution is 2.01. The Hall–Kier alpha value is -0.770. The Balaban J connectivity index is 3.87. The maximum Gasteiger partial charge on any atom is 0.232 e. The van der Waals surface area contributed by atoms with Gasteiger partial charge in [0.2, 0.25) is 5.91 Å². The van der Waals surface area contributed by atoms with E-state index < -0.39 is 0 Å². The van der Waals surface area contributed by atoms with Crippen LogP contribution in [-0.4, -0.2) is 60.8 Å². The van der Waals surface area contributed by atoms with Crippen LogP contribution in [0.15, 0.2) is 0 Å². The standard InChI is InChI=1S/C9H16N2O3S/c1-14-6-4-11(3-5-12)9(13)8-15-7-2-10/h12H,3-8H2,1H3. The Morgan fingerprint density at radius 1 is 1.60 bits per heavy atom. The van der Waals surface area contributed by atoms with Crippen molar-refractivity contribution < 1.29 is 14.6 Å². The second kappa shape index (κ2) is 9.77. The maximum absolute atomic E-state index is 11.5. The Morgan fingerprint density at radius 3 is 2.87 bits per heavy atom. The van der Waals surface area contributed by atoms with Gasteiger partial charge >= 0.3 is 0 Å². The second-order valence-electron chi connectivity index (χ2n) is 2.75. The molecule has 1 amide bonds. The minimum atomic E-state index is -0.0682. The van der Waals surface area contributed by atoms with Crippen molar-refractivity contribution in [3.63, 3.8) is 0 Å². The zero-order valence-corrected chi connectivity index (χ0v) is 9.63. The molecule has 15 heavy (non-hydrogen) atoms. The lowest BCUT2D eigenvalue weighted by Crippen LogP contribution is -2.37. The Bertz CT molecular complexity index is 218. The van der Waals surface area contributed by atoms with Crippen LogP contribution in [0.25, 0.3) is 0 Å². The van der Waals surface area contributed by atoms with Gasteiger partial charge in [0.05, 0.1) is 30.8 Å². The van der Waals surface area contributed by atoms with Crippen molar-refractivity contribution in [3.8, 4) is 6.07 Å². The van der Waals surface area contributed by atoms with Crippen LogP contribution < -0.4 is 0 Å². The van der Waals surface area contributed by atoms with Crippen molar-refractivity contribution in [2.45, 2.75) is 0 Å². The van der Waals surface area contributed by atoms with Gasteiger partial charge in [0, 0.05) is 20.2 Å². The molecular weight excluding hydrogens is 216 g/mol. The first-order chi connectivity index (χ1) is 7.26. The molecule has 1 N–H and O–H groups in total. The van der Waals surface area contributed by atoms with Gasteiger partial charge in [-0.3, -0.25) is 4.79 Å². The molecule has 0 bridgehead atoms. The number of methoxy groups -OCH3 is 1. The van der Waals surface area contributed by atoms with Crippen molar-refractivity contribution in [2.24, 2.45) is 0 Å². The molecule has 0 saturated heterocycles. The van der Waals surface area contributed by atoms with E-state index in [-0.39, 0.29) is 18.3 Å². The number of carbonyl (C=O) groups is 1. The van der Waals surface area contributed by atoms with E-state index in [0.717, 1.165) is 0 Å². The molecule has 5 nitrogen and oxygen atoms in total. The molecule has 0 aromatic rings. The van der Waals surface area contributed by atoms with Crippen molar-refractivity contribution in [3.05, 3.63) is 0 Å². The molecule has 86 valence electrons. The quantitative estimate of drug-likeness (QED) is 0.582. The lowest BCUT2D eigenvalue weighted by molar-refractivity contribution is -0.129. The topological polar surface area (TPSA) is 73.6 Å². The zero-order valence-electron chi connectivity index (χ0n) is 8.81. The summed E-state index contributed by atoms with van der Waals surface area (Å²) in [4.78, 5) is 13.1. The normalized spacial score (nSPS) is 9.67. The van der Waals surface area contributed by atoms with Gasteiger partial charge in [-0.2, -0.15) is 5.26 Å². The molecule has 0 aromatic carbocycles. The van der Waals surface area contributed by atoms with Crippen molar-refractivity contribution >= 4 is 17.7 Å². The minimum Gasteiger partial charge on any atom is -0.395 e. The Labute approximate surface area is 94.0 Å². The second-order valence-corrected chi connectivity index (χ2v) is 3.73. The van der Waals surface area contributed by atoms with Crippen LogP contribution in [0.3, 0.4) is 0 Å². The molecule has 0 aliphatic rings. The van der Waals surface area contributed by atoms with Crippen LogP contribution in [0.2, 0.25) is 0 Å². The van der Waals surface area contributed by atoms with Gasteiger partial charge in [-0.05, 0) is 0 Å². The predicted molar refractivity (Wildman–Crippen MR) is 58.5 cm³/mol. The summed E-state index contributed by atoms with van der Waals surface area (Å²) in [6, 6.07) is 1.96. The number of rotatable bonds is 8. The summed E-state index contributed by atoms with van der Waals surface area (Å²) in [6.45, 7) is 1.19. The molecule has 6 heteroatoms. The van der Waals surface area contributed by atoms with E-state index in [1.165, 1.54) is 16.7 Å². The third-order valence-electron chi connectivity index (χ3n) is 1.68. The fourth-order valence-corrected chi connectivity index (χ4v) is 1.51. The van der Waals surface area contributed by atoms with E-state index >= 15 is 0 Å². The molecule has 0 saturated carbocycles. The number of nitriles is 1. The highest BCUT2D eigenvalue weighted by Gasteiger charge is 2.11. The lowest BCUT2D eigenvalue weighted by Gasteiger charge is -2.20. The molecule has 0 spiro atoms. The Kier molecular flexibility index (Phi) is 9.27. The van der Waals surface area contributed by atoms with E-state index in [2.05, 4.69) is 0 Å². The number of aliphatic hydroxyl groups excluding tert-OH is 1. The summed E-state index contributed by atoms with van der Waals surface area (Å²) in [7, 11) is 1.56. The van der Waals surface area contributed by atoms with Crippen LogP contribution >= 0.6 is 11.8 Å². The number of hydrogen-bond acceptors (Lipinski definition) is 5. The van der Waals surface area contributed by atoms with Crippen molar-refractivity contribution in [2.75, 3.05) is 44.9 Å². The lowest BCUT2D eigenvalue weighted by atomic mass is 10.4. The van der Waals surface area contributed by atoms with E-state index in [9.17, 15) is 4.79 Å². The summed E-state index contributed by atoms with van der Waals surface area (Å²) >= 11 is 1.27. The van der Waals surface area contributed by atoms with Gasteiger partial charge in [-0.25, -0.2) is 0 Å². The third kappa shape index (κ3) is 7.19. The van der Waals surface area contributed by atoms with Crippen LogP contribution in [0, 0.1) is 11.3 Å². The van der Waals surface area contributed by atoms with Crippen LogP contribution in [0.4, 0.5) is 0 Å². The first-order valence-electron chi connectivity index (χ1n) is 4.58. The van der Waals surface area contributed by atoms with E-state index in [0.29, 0.717) is 25.4 Å². The first kappa shape index (κ1) is 14.2. The predicted octanol–water partition coefficient (Wildman–Crippen LogP) is -0.290. The minimum absolute atomic E-state index is 0.0572. The number of nitrogens with zero attached hydrogens (tertiary/aromatic N) is 2. The van der Waals surface area contributed by atoms with E-state index in [1.54, 1.807) is 7.11 Å². The Morgan fingerprint density at radius 2 is 2.33 bits per heavy atom. The van der Waals surface area contributed by atoms with E-state index in [4.69, 9.17) is 15.1 Å². The zero-order chi connectivity index (χ0) is 11.5. The molecule has 0 rings (SSSR count). The molecule has 0 aromatic heterocycles. The van der Waals surface area contributed by atoms with Gasteiger partial charge in [0.1, 0.15) is 0 Å². The van der Waals surface area contributed by atoms with Gasteiger partial charge < -0.3 is 14.7 Å². The number of aliphatic hydroxyl groups is 1. The summed E-state index contributed by atoms with van der Waals surface area (Å²) in [5.74, 6) is 0.515. The maximum atomic E-state index is 11.5. The SMILES string of the molecule is COCCN(CCO)C(=O)CSCC#N. The summed E-state index contributed by atoms with van der Waals surface area (Å²) in [6.07, 6.45) is 0. The van der Waals surface area contributed by atoms with Gasteiger partial charge in [0.15, 0.2) is 0 Å². The number of amides is 1. The van der Waals surface area contributed by atoms with Gasteiger partial charge in [0.25, 0.3) is 0 Å². The molecule has 0 heterocycles. The molecule has 0 radical (unpaired) electrons. The largest absolute Gasteiger partial charge is 0.395 e. The van der Waals surface area contributed by atoms with Gasteiger partial charge in [-0.15, -0.1) is 11.8 Å². The number of carbonyl (C=O) groups excluding carboxylic acids is 1. The molecule has 0 fully saturated rings. The van der Waals surface area contributed by atoms with Crippen LogP contribution in [-0.2, 0) is 9.53 Å². The van der Waals surface area contributed by atoms with Crippen molar-refractivity contribution in [1.82, 2.24) is 4.90 Å². The highest BCUT2D eigenvalue weighted by molar-refractivity contribution is 8.00. The van der Waals surface area contributed by atoms with Gasteiger partial charge in [-0.1, -0.05) is 0 Å². The molecule has 0 aliphatic heterocycles.